The van der Waals surface area contributed by atoms with Crippen LogP contribution in [0.25, 0.3) is 0 Å². The number of ether oxygens (including phenoxy) is 2. The number of benzene rings is 2. The fraction of sp³-hybridized carbons (Fsp3) is 0.316. The number of carbonyl (C=O) groups is 1. The van der Waals surface area contributed by atoms with Crippen molar-refractivity contribution in [1.29, 1.82) is 0 Å². The van der Waals surface area contributed by atoms with Crippen LogP contribution >= 0.6 is 0 Å². The summed E-state index contributed by atoms with van der Waals surface area (Å²) in [5.74, 6) is -1.58. The van der Waals surface area contributed by atoms with Crippen LogP contribution in [0.5, 0.6) is 11.5 Å². The van der Waals surface area contributed by atoms with Crippen molar-refractivity contribution >= 4 is 15.9 Å². The molecular weight excluding hydrogens is 406 g/mol. The third-order valence-electron chi connectivity index (χ3n) is 4.86. The average Bonchev–Trinajstić information content (AvgIpc) is 2.74. The first-order valence-corrected chi connectivity index (χ1v) is 10.4. The smallest absolute Gasteiger partial charge is 0.267 e. The van der Waals surface area contributed by atoms with E-state index in [2.05, 4.69) is 0 Å². The van der Waals surface area contributed by atoms with Crippen LogP contribution in [0.3, 0.4) is 0 Å². The van der Waals surface area contributed by atoms with Gasteiger partial charge in [-0.25, -0.2) is 17.2 Å². The van der Waals surface area contributed by atoms with Gasteiger partial charge in [0.05, 0.1) is 4.90 Å². The molecule has 4 rings (SSSR count). The third-order valence-corrected chi connectivity index (χ3v) is 6.76. The average molecular weight is 424 g/mol. The van der Waals surface area contributed by atoms with Crippen molar-refractivity contribution in [2.24, 2.45) is 0 Å². The Kier molecular flexibility index (Phi) is 5.13. The normalized spacial score (nSPS) is 19.8. The van der Waals surface area contributed by atoms with Crippen molar-refractivity contribution in [1.82, 2.24) is 9.21 Å². The van der Waals surface area contributed by atoms with Crippen LogP contribution in [0.2, 0.25) is 0 Å². The molecule has 0 aliphatic carbocycles. The van der Waals surface area contributed by atoms with Crippen molar-refractivity contribution in [3.8, 4) is 11.5 Å². The summed E-state index contributed by atoms with van der Waals surface area (Å²) in [4.78, 5) is 13.9. The van der Waals surface area contributed by atoms with Crippen LogP contribution in [0, 0.1) is 11.6 Å². The van der Waals surface area contributed by atoms with E-state index in [0.717, 1.165) is 16.4 Å². The first kappa shape index (κ1) is 19.6. The van der Waals surface area contributed by atoms with E-state index in [1.165, 1.54) is 4.90 Å². The maximum atomic E-state index is 13.4. The monoisotopic (exact) mass is 424 g/mol. The maximum Gasteiger partial charge on any atom is 0.267 e. The number of hydrogen-bond donors (Lipinski definition) is 0. The van der Waals surface area contributed by atoms with E-state index in [-0.39, 0.29) is 43.6 Å². The molecule has 2 aliphatic rings. The molecule has 0 spiro atoms. The minimum atomic E-state index is -3.98. The van der Waals surface area contributed by atoms with Gasteiger partial charge in [-0.1, -0.05) is 12.1 Å². The number of fused-ring (bicyclic) bond motifs is 1. The standard InChI is InChI=1S/C19H18F2N2O5S/c20-14-6-5-13(11-15(14)21)29(25,26)23-9-7-22(8-10-23)19(24)18-12-27-16-3-1-2-4-17(16)28-18/h1-6,11,18H,7-10,12H2/t18-/m1/s1. The third kappa shape index (κ3) is 3.77. The molecule has 29 heavy (non-hydrogen) atoms. The van der Waals surface area contributed by atoms with Crippen LogP contribution in [-0.2, 0) is 14.8 Å². The number of carbonyl (C=O) groups excluding carboxylic acids is 1. The quantitative estimate of drug-likeness (QED) is 0.749. The molecule has 0 N–H and O–H groups in total. The molecule has 1 amide bonds. The van der Waals surface area contributed by atoms with E-state index in [9.17, 15) is 22.0 Å². The summed E-state index contributed by atoms with van der Waals surface area (Å²) in [7, 11) is -3.98. The molecule has 0 unspecified atom stereocenters. The Hall–Kier alpha value is -2.72. The molecule has 0 radical (unpaired) electrons. The SMILES string of the molecule is O=C([C@H]1COc2ccccc2O1)N1CCN(S(=O)(=O)c2ccc(F)c(F)c2)CC1. The van der Waals surface area contributed by atoms with Crippen LogP contribution in [0.4, 0.5) is 8.78 Å². The predicted octanol–water partition coefficient (Wildman–Crippen LogP) is 1.64. The molecule has 7 nitrogen and oxygen atoms in total. The Balaban J connectivity index is 1.40. The summed E-state index contributed by atoms with van der Waals surface area (Å²) >= 11 is 0. The Morgan fingerprint density at radius 3 is 2.34 bits per heavy atom. The highest BCUT2D eigenvalue weighted by molar-refractivity contribution is 7.89. The number of sulfonamides is 1. The van der Waals surface area contributed by atoms with E-state index in [4.69, 9.17) is 9.47 Å². The summed E-state index contributed by atoms with van der Waals surface area (Å²) in [6.07, 6.45) is -0.806. The Bertz CT molecular complexity index is 1040. The Labute approximate surface area is 166 Å². The molecule has 10 heteroatoms. The van der Waals surface area contributed by atoms with Gasteiger partial charge >= 0.3 is 0 Å². The molecule has 154 valence electrons. The fourth-order valence-corrected chi connectivity index (χ4v) is 4.71. The Morgan fingerprint density at radius 2 is 1.66 bits per heavy atom. The number of piperazine rings is 1. The summed E-state index contributed by atoms with van der Waals surface area (Å²) < 4.78 is 64.2. The van der Waals surface area contributed by atoms with Gasteiger partial charge in [0, 0.05) is 26.2 Å². The molecule has 0 bridgehead atoms. The van der Waals surface area contributed by atoms with Crippen molar-refractivity contribution in [3.63, 3.8) is 0 Å². The van der Waals surface area contributed by atoms with Crippen LogP contribution in [-0.4, -0.2) is 62.4 Å². The van der Waals surface area contributed by atoms with E-state index >= 15 is 0 Å². The van der Waals surface area contributed by atoms with Gasteiger partial charge in [0.15, 0.2) is 23.1 Å². The lowest BCUT2D eigenvalue weighted by molar-refractivity contribution is -0.142. The Morgan fingerprint density at radius 1 is 0.966 bits per heavy atom. The summed E-state index contributed by atoms with van der Waals surface area (Å²) in [5, 5.41) is 0. The minimum absolute atomic E-state index is 0.0389. The molecule has 2 heterocycles. The van der Waals surface area contributed by atoms with Gasteiger partial charge in [-0.2, -0.15) is 4.31 Å². The highest BCUT2D eigenvalue weighted by Gasteiger charge is 2.35. The lowest BCUT2D eigenvalue weighted by atomic mass is 10.2. The number of nitrogens with zero attached hydrogens (tertiary/aromatic N) is 2. The molecule has 2 aromatic carbocycles. The highest BCUT2D eigenvalue weighted by Crippen LogP contribution is 2.31. The van der Waals surface area contributed by atoms with Crippen LogP contribution < -0.4 is 9.47 Å². The summed E-state index contributed by atoms with van der Waals surface area (Å²) in [6, 6.07) is 9.50. The molecule has 1 atom stereocenters. The highest BCUT2D eigenvalue weighted by atomic mass is 32.2. The van der Waals surface area contributed by atoms with Gasteiger partial charge < -0.3 is 14.4 Å². The van der Waals surface area contributed by atoms with Gasteiger partial charge in [0.2, 0.25) is 16.1 Å². The largest absolute Gasteiger partial charge is 0.485 e. The number of rotatable bonds is 3. The molecule has 1 saturated heterocycles. The zero-order chi connectivity index (χ0) is 20.6. The van der Waals surface area contributed by atoms with E-state index in [1.807, 2.05) is 0 Å². The zero-order valence-electron chi connectivity index (χ0n) is 15.3. The topological polar surface area (TPSA) is 76.2 Å². The first-order valence-electron chi connectivity index (χ1n) is 8.99. The second-order valence-corrected chi connectivity index (χ2v) is 8.61. The van der Waals surface area contributed by atoms with Gasteiger partial charge in [0.25, 0.3) is 5.91 Å². The molecule has 0 saturated carbocycles. The number of amides is 1. The first-order chi connectivity index (χ1) is 13.9. The molecule has 1 fully saturated rings. The second kappa shape index (κ2) is 7.60. The molecular formula is C19H18F2N2O5S. The van der Waals surface area contributed by atoms with Gasteiger partial charge in [0.1, 0.15) is 6.61 Å². The minimum Gasteiger partial charge on any atom is -0.485 e. The van der Waals surface area contributed by atoms with Crippen molar-refractivity contribution in [3.05, 3.63) is 54.1 Å². The zero-order valence-corrected chi connectivity index (χ0v) is 16.1. The van der Waals surface area contributed by atoms with Crippen molar-refractivity contribution in [2.45, 2.75) is 11.0 Å². The van der Waals surface area contributed by atoms with Crippen molar-refractivity contribution in [2.75, 3.05) is 32.8 Å². The second-order valence-electron chi connectivity index (χ2n) is 6.67. The fourth-order valence-electron chi connectivity index (χ4n) is 3.28. The maximum absolute atomic E-state index is 13.4. The van der Waals surface area contributed by atoms with E-state index < -0.39 is 27.8 Å². The van der Waals surface area contributed by atoms with Crippen LogP contribution in [0.1, 0.15) is 0 Å². The van der Waals surface area contributed by atoms with Crippen LogP contribution in [0.15, 0.2) is 47.4 Å². The molecule has 2 aromatic rings. The van der Waals surface area contributed by atoms with Gasteiger partial charge in [-0.15, -0.1) is 0 Å². The van der Waals surface area contributed by atoms with E-state index in [1.54, 1.807) is 24.3 Å². The number of halogens is 2. The molecule has 0 aromatic heterocycles. The lowest BCUT2D eigenvalue weighted by Gasteiger charge is -2.36. The summed E-state index contributed by atoms with van der Waals surface area (Å²) in [5.41, 5.74) is 0. The number of para-hydroxylation sites is 2. The summed E-state index contributed by atoms with van der Waals surface area (Å²) in [6.45, 7) is 0.462. The van der Waals surface area contributed by atoms with Gasteiger partial charge in [-0.3, -0.25) is 4.79 Å². The number of hydrogen-bond acceptors (Lipinski definition) is 5. The van der Waals surface area contributed by atoms with E-state index in [0.29, 0.717) is 17.6 Å². The van der Waals surface area contributed by atoms with Gasteiger partial charge in [-0.05, 0) is 30.3 Å². The van der Waals surface area contributed by atoms with Crippen molar-refractivity contribution < 1.29 is 31.5 Å². The molecule has 2 aliphatic heterocycles. The predicted molar refractivity (Wildman–Crippen MR) is 98.0 cm³/mol. The lowest BCUT2D eigenvalue weighted by Crippen LogP contribution is -2.55.